The second-order valence-corrected chi connectivity index (χ2v) is 12.0. The van der Waals surface area contributed by atoms with E-state index in [4.69, 9.17) is 40.2 Å². The molecular weight excluding hydrogens is 672 g/mol. The van der Waals surface area contributed by atoms with Crippen molar-refractivity contribution in [2.24, 2.45) is 0 Å². The minimum atomic E-state index is -2.34. The van der Waals surface area contributed by atoms with Crippen LogP contribution in [0.15, 0.2) is 91.3 Å². The maximum absolute atomic E-state index is 15.4. The van der Waals surface area contributed by atoms with E-state index >= 15 is 4.39 Å². The van der Waals surface area contributed by atoms with E-state index in [1.807, 2.05) is 0 Å². The zero-order valence-corrected chi connectivity index (χ0v) is 27.7. The molecule has 5 aromatic rings. The molecule has 1 aliphatic rings. The maximum Gasteiger partial charge on any atom is 0.414 e. The molecule has 6 rings (SSSR count). The molecule has 1 N–H and O–H groups in total. The third-order valence-electron chi connectivity index (χ3n) is 7.98. The van der Waals surface area contributed by atoms with Crippen LogP contribution in [-0.2, 0) is 11.3 Å². The number of hydrogen-bond donors (Lipinski definition) is 1. The molecule has 4 aromatic carbocycles. The molecule has 0 spiro atoms. The monoisotopic (exact) mass is 705 g/mol. The van der Waals surface area contributed by atoms with Crippen molar-refractivity contribution >= 4 is 40.8 Å². The largest absolute Gasteiger partial charge is 0.491 e. The van der Waals surface area contributed by atoms with E-state index < -0.39 is 37.0 Å². The molecule has 1 aromatic heterocycles. The predicted octanol–water partition coefficient (Wildman–Crippen LogP) is 8.07. The molecule has 1 unspecified atom stereocenters. The van der Waals surface area contributed by atoms with Gasteiger partial charge in [-0.15, -0.1) is 0 Å². The average molecular weight is 707 g/mol. The zero-order chi connectivity index (χ0) is 36.3. The van der Waals surface area contributed by atoms with E-state index in [2.05, 4.69) is 5.10 Å². The van der Waals surface area contributed by atoms with Gasteiger partial charge in [0, 0.05) is 50.6 Å². The zero-order valence-electron chi connectivity index (χ0n) is 28.2. The highest BCUT2D eigenvalue weighted by Gasteiger charge is 2.27. The smallest absolute Gasteiger partial charge is 0.414 e. The summed E-state index contributed by atoms with van der Waals surface area (Å²) in [4.78, 5) is 27.4. The third kappa shape index (κ3) is 7.57. The molecule has 252 valence electrons. The van der Waals surface area contributed by atoms with Gasteiger partial charge in [-0.25, -0.2) is 9.18 Å². The lowest BCUT2D eigenvalue weighted by Gasteiger charge is -2.22. The van der Waals surface area contributed by atoms with Gasteiger partial charge < -0.3 is 19.3 Å². The second kappa shape index (κ2) is 15.1. The van der Waals surface area contributed by atoms with Crippen molar-refractivity contribution in [1.82, 2.24) is 9.78 Å². The first-order valence-electron chi connectivity index (χ1n) is 16.3. The van der Waals surface area contributed by atoms with Gasteiger partial charge in [0.25, 0.3) is 0 Å². The quantitative estimate of drug-likeness (QED) is 0.147. The highest BCUT2D eigenvalue weighted by Crippen LogP contribution is 2.40. The lowest BCUT2D eigenvalue weighted by atomic mass is 9.98. The van der Waals surface area contributed by atoms with Crippen LogP contribution < -0.4 is 14.4 Å². The summed E-state index contributed by atoms with van der Waals surface area (Å²) in [6.45, 7) is -0.823. The predicted molar refractivity (Wildman–Crippen MR) is 184 cm³/mol. The molecule has 0 saturated heterocycles. The van der Waals surface area contributed by atoms with Crippen molar-refractivity contribution in [1.29, 1.82) is 0 Å². The number of aliphatic hydroxyl groups is 1. The number of nitrogens with zero attached hydrogens (tertiary/aromatic N) is 3. The van der Waals surface area contributed by atoms with Crippen LogP contribution in [0.1, 0.15) is 42.3 Å². The Bertz CT molecular complexity index is 2060. The lowest BCUT2D eigenvalue weighted by molar-refractivity contribution is 0.0747. The van der Waals surface area contributed by atoms with E-state index in [1.54, 1.807) is 86.0 Å². The number of carbonyl (C=O) groups excluding carboxylic acids is 2. The third-order valence-corrected chi connectivity index (χ3v) is 8.73. The Balaban J connectivity index is 1.17. The molecule has 0 fully saturated rings. The highest BCUT2D eigenvalue weighted by molar-refractivity contribution is 6.31. The number of halogens is 3. The van der Waals surface area contributed by atoms with Crippen molar-refractivity contribution in [2.45, 2.75) is 26.0 Å². The summed E-state index contributed by atoms with van der Waals surface area (Å²) in [5, 5.41) is 15.5. The first kappa shape index (κ1) is 31.4. The summed E-state index contributed by atoms with van der Waals surface area (Å²) in [6, 6.07) is 20.8. The molecule has 0 aliphatic carbocycles. The van der Waals surface area contributed by atoms with Gasteiger partial charge in [0.15, 0.2) is 11.5 Å². The number of aliphatic hydroxyl groups excluding tert-OH is 1. The van der Waals surface area contributed by atoms with E-state index in [9.17, 15) is 14.7 Å². The van der Waals surface area contributed by atoms with Crippen LogP contribution in [0.25, 0.3) is 11.1 Å². The summed E-state index contributed by atoms with van der Waals surface area (Å²) < 4.78 is 50.4. The number of aromatic nitrogens is 2. The Morgan fingerprint density at radius 3 is 2.67 bits per heavy atom. The van der Waals surface area contributed by atoms with E-state index in [1.165, 1.54) is 15.6 Å². The number of para-hydroxylation sites is 1. The molecule has 2 heterocycles. The van der Waals surface area contributed by atoms with Gasteiger partial charge in [0.1, 0.15) is 30.8 Å². The summed E-state index contributed by atoms with van der Waals surface area (Å²) >= 11 is 12.6. The van der Waals surface area contributed by atoms with Gasteiger partial charge >= 0.3 is 6.09 Å². The van der Waals surface area contributed by atoms with Crippen LogP contribution in [0.5, 0.6) is 11.5 Å². The van der Waals surface area contributed by atoms with Gasteiger partial charge in [-0.05, 0) is 49.2 Å². The van der Waals surface area contributed by atoms with Crippen molar-refractivity contribution in [3.8, 4) is 22.6 Å². The molecule has 49 heavy (non-hydrogen) atoms. The van der Waals surface area contributed by atoms with Crippen LogP contribution >= 0.6 is 23.2 Å². The first-order chi connectivity index (χ1) is 24.4. The van der Waals surface area contributed by atoms with Crippen LogP contribution in [-0.4, -0.2) is 53.1 Å². The number of amides is 1. The van der Waals surface area contributed by atoms with Gasteiger partial charge in [0.05, 0.1) is 27.8 Å². The maximum atomic E-state index is 15.4. The summed E-state index contributed by atoms with van der Waals surface area (Å²) in [5.41, 5.74) is 2.63. The van der Waals surface area contributed by atoms with Gasteiger partial charge in [-0.2, -0.15) is 5.10 Å². The second-order valence-electron chi connectivity index (χ2n) is 11.2. The number of fused-ring (bicyclic) bond motifs is 1. The summed E-state index contributed by atoms with van der Waals surface area (Å²) in [6.07, 6.45) is 1.34. The fourth-order valence-electron chi connectivity index (χ4n) is 5.39. The Labute approximate surface area is 295 Å². The minimum Gasteiger partial charge on any atom is -0.491 e. The number of ketones is 1. The fraction of sp³-hybridized carbons (Fsp3) is 0.216. The first-order valence-corrected chi connectivity index (χ1v) is 16.1. The number of anilines is 1. The SMILES string of the molecule is [2H]C([2H])(COC(=O)N1CCCOc2c(-c3cnn(Cc4c(F)cc(C(O)C(=O)c5ccccc5)cc4Cl)c3)cccc21)Oc1cccc(Cl)c1C. The molecule has 0 saturated carbocycles. The molecule has 1 atom stereocenters. The molecule has 1 amide bonds. The van der Waals surface area contributed by atoms with Crippen molar-refractivity contribution in [3.63, 3.8) is 0 Å². The van der Waals surface area contributed by atoms with Crippen LogP contribution in [0.3, 0.4) is 0 Å². The minimum absolute atomic E-state index is 0.0190. The molecule has 1 aliphatic heterocycles. The van der Waals surface area contributed by atoms with Crippen LogP contribution in [0, 0.1) is 12.7 Å². The molecular formula is C37H32Cl2FN3O6. The molecule has 9 nitrogen and oxygen atoms in total. The Hall–Kier alpha value is -4.90. The van der Waals surface area contributed by atoms with Crippen LogP contribution in [0.4, 0.5) is 14.9 Å². The standard InChI is InChI=1S/C37H32Cl2FN3O6/c1-23-29(38)11-6-13-33(23)47-16-17-49-37(46)43-14-7-15-48-36-27(10-5-12-32(36)43)26-20-41-42(21-26)22-28-30(39)18-25(19-31(28)40)35(45)34(44)24-8-3-2-4-9-24/h2-6,8-13,18-21,35,45H,7,14-17,22H2,1H3/i16D2. The Morgan fingerprint density at radius 1 is 1.08 bits per heavy atom. The van der Waals surface area contributed by atoms with Crippen molar-refractivity contribution in [3.05, 3.63) is 129 Å². The molecule has 12 heteroatoms. The van der Waals surface area contributed by atoms with Gasteiger partial charge in [-0.3, -0.25) is 14.4 Å². The summed E-state index contributed by atoms with van der Waals surface area (Å²) in [5.74, 6) is -0.660. The van der Waals surface area contributed by atoms with Gasteiger partial charge in [0.2, 0.25) is 0 Å². The molecule has 0 bridgehead atoms. The topological polar surface area (TPSA) is 103 Å². The van der Waals surface area contributed by atoms with Crippen LogP contribution in [0.2, 0.25) is 10.0 Å². The number of rotatable bonds is 10. The van der Waals surface area contributed by atoms with Crippen molar-refractivity contribution < 1.29 is 36.0 Å². The number of hydrogen-bond acceptors (Lipinski definition) is 7. The van der Waals surface area contributed by atoms with Crippen molar-refractivity contribution in [2.75, 3.05) is 31.2 Å². The average Bonchev–Trinajstić information content (AvgIpc) is 3.47. The number of Topliss-reactive ketones (excluding diaryl/α,β-unsaturated/α-hetero) is 1. The van der Waals surface area contributed by atoms with Gasteiger partial charge in [-0.1, -0.05) is 71.7 Å². The highest BCUT2D eigenvalue weighted by atomic mass is 35.5. The van der Waals surface area contributed by atoms with E-state index in [-0.39, 0.29) is 40.6 Å². The summed E-state index contributed by atoms with van der Waals surface area (Å²) in [7, 11) is 0. The lowest BCUT2D eigenvalue weighted by Crippen LogP contribution is -2.33. The number of benzene rings is 4. The van der Waals surface area contributed by atoms with E-state index in [0.29, 0.717) is 46.2 Å². The van der Waals surface area contributed by atoms with E-state index in [0.717, 1.165) is 6.07 Å². The molecule has 0 radical (unpaired) electrons. The fourth-order valence-corrected chi connectivity index (χ4v) is 5.83. The Morgan fingerprint density at radius 2 is 1.88 bits per heavy atom. The Kier molecular flexibility index (Phi) is 9.68. The number of ether oxygens (including phenoxy) is 3. The number of carbonyl (C=O) groups is 2. The normalized spacial score (nSPS) is 14.1.